The molecule has 30 heavy (non-hydrogen) atoms. The van der Waals surface area contributed by atoms with Crippen molar-refractivity contribution >= 4 is 34.9 Å². The van der Waals surface area contributed by atoms with Crippen LogP contribution in [0, 0.1) is 17.6 Å². The number of likely N-dealkylation sites (N-methyl/N-ethyl adjacent to an activating group) is 1. The van der Waals surface area contributed by atoms with Crippen LogP contribution in [0.1, 0.15) is 28.8 Å². The van der Waals surface area contributed by atoms with Gasteiger partial charge in [0.05, 0.1) is 22.2 Å². The SMILES string of the molecule is CN(Cc1ccc(Cl)c(Cl)c1)C(=O)CN1CCC(C(=O)c2cc(F)ccc2F)CC1. The number of Topliss-reactive ketones (excluding diaryl/α,β-unsaturated/α-hetero) is 1. The summed E-state index contributed by atoms with van der Waals surface area (Å²) in [6.45, 7) is 1.72. The maximum absolute atomic E-state index is 13.9. The molecule has 2 aromatic rings. The molecule has 160 valence electrons. The summed E-state index contributed by atoms with van der Waals surface area (Å²) >= 11 is 11.9. The molecule has 1 aliphatic heterocycles. The lowest BCUT2D eigenvalue weighted by molar-refractivity contribution is -0.131. The monoisotopic (exact) mass is 454 g/mol. The van der Waals surface area contributed by atoms with Crippen LogP contribution in [0.2, 0.25) is 10.0 Å². The summed E-state index contributed by atoms with van der Waals surface area (Å²) in [6.07, 6.45) is 0.997. The molecule has 0 unspecified atom stereocenters. The van der Waals surface area contributed by atoms with Crippen molar-refractivity contribution in [3.05, 3.63) is 69.2 Å². The van der Waals surface area contributed by atoms with Gasteiger partial charge in [0.2, 0.25) is 5.91 Å². The lowest BCUT2D eigenvalue weighted by Gasteiger charge is -2.32. The van der Waals surface area contributed by atoms with Crippen molar-refractivity contribution in [1.82, 2.24) is 9.80 Å². The van der Waals surface area contributed by atoms with Gasteiger partial charge in [-0.1, -0.05) is 29.3 Å². The minimum atomic E-state index is -0.706. The summed E-state index contributed by atoms with van der Waals surface area (Å²) in [7, 11) is 1.72. The van der Waals surface area contributed by atoms with E-state index in [2.05, 4.69) is 0 Å². The Balaban J connectivity index is 1.51. The van der Waals surface area contributed by atoms with Gasteiger partial charge in [-0.05, 0) is 61.8 Å². The molecule has 0 N–H and O–H groups in total. The standard InChI is InChI=1S/C22H22Cl2F2N2O2/c1-27(12-14-2-4-18(23)19(24)10-14)21(29)13-28-8-6-15(7-9-28)22(30)17-11-16(25)3-5-20(17)26/h2-5,10-11,15H,6-9,12-13H2,1H3. The molecule has 2 aromatic carbocycles. The summed E-state index contributed by atoms with van der Waals surface area (Å²) in [5.74, 6) is -2.14. The number of benzene rings is 2. The number of hydrogen-bond donors (Lipinski definition) is 0. The van der Waals surface area contributed by atoms with Crippen molar-refractivity contribution < 1.29 is 18.4 Å². The number of carbonyl (C=O) groups excluding carboxylic acids is 2. The number of likely N-dealkylation sites (tertiary alicyclic amines) is 1. The van der Waals surface area contributed by atoms with Crippen LogP contribution in [0.4, 0.5) is 8.78 Å². The highest BCUT2D eigenvalue weighted by Gasteiger charge is 2.28. The number of halogens is 4. The molecule has 0 aromatic heterocycles. The first-order valence-corrected chi connectivity index (χ1v) is 10.4. The molecule has 0 radical (unpaired) electrons. The fourth-order valence-corrected chi connectivity index (χ4v) is 3.89. The fraction of sp³-hybridized carbons (Fsp3) is 0.364. The Bertz CT molecular complexity index is 947. The lowest BCUT2D eigenvalue weighted by atomic mass is 9.88. The largest absolute Gasteiger partial charge is 0.340 e. The van der Waals surface area contributed by atoms with E-state index in [9.17, 15) is 18.4 Å². The van der Waals surface area contributed by atoms with Gasteiger partial charge < -0.3 is 4.90 Å². The minimum absolute atomic E-state index is 0.0537. The molecule has 0 atom stereocenters. The maximum Gasteiger partial charge on any atom is 0.236 e. The first kappa shape index (κ1) is 22.7. The number of piperidine rings is 1. The second kappa shape index (κ2) is 9.86. The van der Waals surface area contributed by atoms with Crippen LogP contribution in [0.15, 0.2) is 36.4 Å². The molecular formula is C22H22Cl2F2N2O2. The van der Waals surface area contributed by atoms with Crippen molar-refractivity contribution in [3.8, 4) is 0 Å². The Labute approximate surface area is 184 Å². The number of hydrogen-bond acceptors (Lipinski definition) is 3. The zero-order valence-corrected chi connectivity index (χ0v) is 18.0. The summed E-state index contributed by atoms with van der Waals surface area (Å²) < 4.78 is 27.2. The molecular weight excluding hydrogens is 433 g/mol. The molecule has 4 nitrogen and oxygen atoms in total. The number of nitrogens with zero attached hydrogens (tertiary/aromatic N) is 2. The molecule has 1 saturated heterocycles. The second-order valence-corrected chi connectivity index (χ2v) is 8.35. The predicted molar refractivity (Wildman–Crippen MR) is 113 cm³/mol. The zero-order valence-electron chi connectivity index (χ0n) is 16.5. The molecule has 1 aliphatic rings. The summed E-state index contributed by atoms with van der Waals surface area (Å²) in [4.78, 5) is 28.7. The van der Waals surface area contributed by atoms with Crippen LogP contribution >= 0.6 is 23.2 Å². The van der Waals surface area contributed by atoms with Crippen LogP contribution in [0.25, 0.3) is 0 Å². The van der Waals surface area contributed by atoms with Gasteiger partial charge in [-0.25, -0.2) is 8.78 Å². The second-order valence-electron chi connectivity index (χ2n) is 7.54. The highest BCUT2D eigenvalue weighted by molar-refractivity contribution is 6.42. The first-order chi connectivity index (χ1) is 14.2. The molecule has 0 saturated carbocycles. The molecule has 1 amide bonds. The molecule has 8 heteroatoms. The molecule has 1 heterocycles. The third-order valence-corrected chi connectivity index (χ3v) is 6.08. The van der Waals surface area contributed by atoms with Gasteiger partial charge in [-0.3, -0.25) is 14.5 Å². The van der Waals surface area contributed by atoms with Crippen LogP contribution in [-0.4, -0.2) is 48.2 Å². The predicted octanol–water partition coefficient (Wildman–Crippen LogP) is 4.82. The number of carbonyl (C=O) groups is 2. The Morgan fingerprint density at radius 1 is 1.07 bits per heavy atom. The summed E-state index contributed by atoms with van der Waals surface area (Å²) in [5, 5.41) is 0.904. The highest BCUT2D eigenvalue weighted by Crippen LogP contribution is 2.25. The van der Waals surface area contributed by atoms with Gasteiger partial charge >= 0.3 is 0 Å². The van der Waals surface area contributed by atoms with E-state index in [4.69, 9.17) is 23.2 Å². The normalized spacial score (nSPS) is 15.2. The van der Waals surface area contributed by atoms with E-state index in [0.717, 1.165) is 23.8 Å². The van der Waals surface area contributed by atoms with Crippen LogP contribution in [0.3, 0.4) is 0 Å². The minimum Gasteiger partial charge on any atom is -0.340 e. The Kier molecular flexibility index (Phi) is 7.45. The Hall–Kier alpha value is -2.02. The van der Waals surface area contributed by atoms with Gasteiger partial charge in [-0.15, -0.1) is 0 Å². The van der Waals surface area contributed by atoms with Gasteiger partial charge in [0.15, 0.2) is 5.78 Å². The van der Waals surface area contributed by atoms with E-state index in [-0.39, 0.29) is 29.7 Å². The van der Waals surface area contributed by atoms with Crippen LogP contribution < -0.4 is 0 Å². The zero-order chi connectivity index (χ0) is 21.8. The average Bonchev–Trinajstić information content (AvgIpc) is 2.72. The number of ketones is 1. The molecule has 0 aliphatic carbocycles. The van der Waals surface area contributed by atoms with E-state index in [1.165, 1.54) is 0 Å². The first-order valence-electron chi connectivity index (χ1n) is 9.64. The van der Waals surface area contributed by atoms with Crippen molar-refractivity contribution in [2.24, 2.45) is 5.92 Å². The van der Waals surface area contributed by atoms with E-state index in [0.29, 0.717) is 42.5 Å². The van der Waals surface area contributed by atoms with E-state index >= 15 is 0 Å². The molecule has 1 fully saturated rings. The third-order valence-electron chi connectivity index (χ3n) is 5.34. The quantitative estimate of drug-likeness (QED) is 0.587. The number of rotatable bonds is 6. The van der Waals surface area contributed by atoms with Crippen molar-refractivity contribution in [2.75, 3.05) is 26.7 Å². The van der Waals surface area contributed by atoms with E-state index in [1.807, 2.05) is 11.0 Å². The maximum atomic E-state index is 13.9. The van der Waals surface area contributed by atoms with Crippen LogP contribution in [0.5, 0.6) is 0 Å². The smallest absolute Gasteiger partial charge is 0.236 e. The van der Waals surface area contributed by atoms with Gasteiger partial charge in [-0.2, -0.15) is 0 Å². The van der Waals surface area contributed by atoms with Crippen molar-refractivity contribution in [2.45, 2.75) is 19.4 Å². The molecule has 0 spiro atoms. The van der Waals surface area contributed by atoms with Gasteiger partial charge in [0.1, 0.15) is 11.6 Å². The van der Waals surface area contributed by atoms with Crippen molar-refractivity contribution in [1.29, 1.82) is 0 Å². The van der Waals surface area contributed by atoms with Gasteiger partial charge in [0.25, 0.3) is 0 Å². The van der Waals surface area contributed by atoms with Crippen molar-refractivity contribution in [3.63, 3.8) is 0 Å². The average molecular weight is 455 g/mol. The van der Waals surface area contributed by atoms with E-state index < -0.39 is 11.6 Å². The van der Waals surface area contributed by atoms with Crippen LogP contribution in [-0.2, 0) is 11.3 Å². The topological polar surface area (TPSA) is 40.6 Å². The molecule has 3 rings (SSSR count). The third kappa shape index (κ3) is 5.56. The summed E-state index contributed by atoms with van der Waals surface area (Å²) in [5.41, 5.74) is 0.674. The Morgan fingerprint density at radius 2 is 1.77 bits per heavy atom. The fourth-order valence-electron chi connectivity index (χ4n) is 3.57. The number of amides is 1. The molecule has 0 bridgehead atoms. The Morgan fingerprint density at radius 3 is 2.43 bits per heavy atom. The van der Waals surface area contributed by atoms with E-state index in [1.54, 1.807) is 24.1 Å². The van der Waals surface area contributed by atoms with Gasteiger partial charge in [0, 0.05) is 19.5 Å². The lowest BCUT2D eigenvalue weighted by Crippen LogP contribution is -2.43. The summed E-state index contributed by atoms with van der Waals surface area (Å²) in [6, 6.07) is 8.16. The highest BCUT2D eigenvalue weighted by atomic mass is 35.5.